The Labute approximate surface area is 99.7 Å². The molecule has 0 saturated carbocycles. The molecule has 0 aromatic carbocycles. The Balaban J connectivity index is 4.31. The zero-order valence-corrected chi connectivity index (χ0v) is 11.8. The topological polar surface area (TPSA) is 52.3 Å². The van der Waals surface area contributed by atoms with Crippen LogP contribution in [0.15, 0.2) is 0 Å². The number of rotatable bonds is 5. The summed E-state index contributed by atoms with van der Waals surface area (Å²) in [5.74, 6) is 3.16. The van der Waals surface area contributed by atoms with E-state index in [1.807, 2.05) is 6.92 Å². The molecule has 0 aromatic rings. The first kappa shape index (κ1) is 15.0. The van der Waals surface area contributed by atoms with Crippen LogP contribution in [0, 0.1) is 11.5 Å². The molecular formula is C12H23NO2Si. The van der Waals surface area contributed by atoms with Crippen LogP contribution < -0.4 is 5.73 Å². The molecule has 0 fully saturated rings. The molecule has 0 aliphatic carbocycles. The van der Waals surface area contributed by atoms with E-state index < -0.39 is 14.2 Å². The van der Waals surface area contributed by atoms with Crippen molar-refractivity contribution in [2.45, 2.75) is 58.4 Å². The van der Waals surface area contributed by atoms with Crippen molar-refractivity contribution in [3.05, 3.63) is 0 Å². The van der Waals surface area contributed by atoms with Crippen molar-refractivity contribution in [2.75, 3.05) is 0 Å². The van der Waals surface area contributed by atoms with Crippen LogP contribution in [0.1, 0.15) is 34.1 Å². The summed E-state index contributed by atoms with van der Waals surface area (Å²) < 4.78 is 4.82. The van der Waals surface area contributed by atoms with Gasteiger partial charge in [0.25, 0.3) is 0 Å². The highest BCUT2D eigenvalue weighted by Crippen LogP contribution is 2.18. The van der Waals surface area contributed by atoms with E-state index in [1.54, 1.807) is 0 Å². The van der Waals surface area contributed by atoms with Gasteiger partial charge in [0.05, 0.1) is 0 Å². The molecule has 2 N–H and O–H groups in total. The number of carbonyl (C=O) groups excluding carboxylic acids is 1. The molecular weight excluding hydrogens is 218 g/mol. The lowest BCUT2D eigenvalue weighted by atomic mass is 10.3. The number of ether oxygens (including phenoxy) is 1. The molecule has 0 aliphatic rings. The van der Waals surface area contributed by atoms with Crippen molar-refractivity contribution in [2.24, 2.45) is 5.73 Å². The predicted octanol–water partition coefficient (Wildman–Crippen LogP) is 2.91. The SMILES string of the molecule is CC[Si](C#CCC(C)OC(N)=O)(CC)CC. The largest absolute Gasteiger partial charge is 0.446 e. The maximum atomic E-state index is 10.5. The minimum Gasteiger partial charge on any atom is -0.446 e. The zero-order chi connectivity index (χ0) is 12.6. The summed E-state index contributed by atoms with van der Waals surface area (Å²) in [5.41, 5.74) is 8.37. The molecule has 4 heteroatoms. The fraction of sp³-hybridized carbons (Fsp3) is 0.750. The lowest BCUT2D eigenvalue weighted by Crippen LogP contribution is -2.29. The summed E-state index contributed by atoms with van der Waals surface area (Å²) in [6.07, 6.45) is -0.348. The van der Waals surface area contributed by atoms with Crippen LogP contribution in [0.5, 0.6) is 0 Å². The highest BCUT2D eigenvalue weighted by molar-refractivity contribution is 6.87. The Morgan fingerprint density at radius 2 is 1.81 bits per heavy atom. The third-order valence-electron chi connectivity index (χ3n) is 3.09. The van der Waals surface area contributed by atoms with Gasteiger partial charge in [0.2, 0.25) is 0 Å². The fourth-order valence-corrected chi connectivity index (χ4v) is 4.14. The number of hydrogen-bond acceptors (Lipinski definition) is 2. The monoisotopic (exact) mass is 241 g/mol. The molecule has 92 valence electrons. The molecule has 1 atom stereocenters. The number of carbonyl (C=O) groups is 1. The maximum Gasteiger partial charge on any atom is 0.404 e. The van der Waals surface area contributed by atoms with E-state index in [0.717, 1.165) is 0 Å². The van der Waals surface area contributed by atoms with Crippen molar-refractivity contribution in [1.82, 2.24) is 0 Å². The van der Waals surface area contributed by atoms with E-state index in [2.05, 4.69) is 32.2 Å². The average molecular weight is 241 g/mol. The lowest BCUT2D eigenvalue weighted by Gasteiger charge is -2.20. The average Bonchev–Trinajstić information content (AvgIpc) is 2.24. The summed E-state index contributed by atoms with van der Waals surface area (Å²) in [7, 11) is -1.36. The van der Waals surface area contributed by atoms with Gasteiger partial charge < -0.3 is 10.5 Å². The quantitative estimate of drug-likeness (QED) is 0.594. The van der Waals surface area contributed by atoms with Crippen LogP contribution in [0.3, 0.4) is 0 Å². The first-order valence-electron chi connectivity index (χ1n) is 5.95. The van der Waals surface area contributed by atoms with Crippen molar-refractivity contribution in [3.63, 3.8) is 0 Å². The molecule has 0 heterocycles. The van der Waals surface area contributed by atoms with Crippen molar-refractivity contribution >= 4 is 14.2 Å². The van der Waals surface area contributed by atoms with Crippen LogP contribution >= 0.6 is 0 Å². The highest BCUT2D eigenvalue weighted by atomic mass is 28.3. The van der Waals surface area contributed by atoms with Crippen LogP contribution in [0.2, 0.25) is 18.1 Å². The Morgan fingerprint density at radius 3 is 2.19 bits per heavy atom. The molecule has 0 radical (unpaired) electrons. The third-order valence-corrected chi connectivity index (χ3v) is 7.86. The molecule has 0 spiro atoms. The number of amides is 1. The second-order valence-electron chi connectivity index (χ2n) is 4.09. The van der Waals surface area contributed by atoms with Crippen LogP contribution in [0.4, 0.5) is 4.79 Å². The fourth-order valence-electron chi connectivity index (χ4n) is 1.64. The number of nitrogens with two attached hydrogens (primary N) is 1. The molecule has 0 aromatic heterocycles. The lowest BCUT2D eigenvalue weighted by molar-refractivity contribution is 0.119. The Morgan fingerprint density at radius 1 is 1.31 bits per heavy atom. The Hall–Kier alpha value is -0.953. The Kier molecular flexibility index (Phi) is 6.90. The van der Waals surface area contributed by atoms with Gasteiger partial charge in [0.15, 0.2) is 0 Å². The van der Waals surface area contributed by atoms with E-state index >= 15 is 0 Å². The highest BCUT2D eigenvalue weighted by Gasteiger charge is 2.24. The van der Waals surface area contributed by atoms with Gasteiger partial charge in [-0.2, -0.15) is 0 Å². The van der Waals surface area contributed by atoms with Gasteiger partial charge in [-0.15, -0.1) is 11.5 Å². The summed E-state index contributed by atoms with van der Waals surface area (Å²) in [6, 6.07) is 3.58. The first-order chi connectivity index (χ1) is 7.49. The van der Waals surface area contributed by atoms with Gasteiger partial charge in [-0.05, 0) is 25.1 Å². The van der Waals surface area contributed by atoms with Gasteiger partial charge >= 0.3 is 6.09 Å². The van der Waals surface area contributed by atoms with Gasteiger partial charge in [0, 0.05) is 6.42 Å². The smallest absolute Gasteiger partial charge is 0.404 e. The van der Waals surface area contributed by atoms with Crippen LogP contribution in [-0.2, 0) is 4.74 Å². The van der Waals surface area contributed by atoms with E-state index in [1.165, 1.54) is 18.1 Å². The number of primary amides is 1. The van der Waals surface area contributed by atoms with Crippen LogP contribution in [-0.4, -0.2) is 20.3 Å². The van der Waals surface area contributed by atoms with E-state index in [0.29, 0.717) is 6.42 Å². The van der Waals surface area contributed by atoms with Gasteiger partial charge in [-0.1, -0.05) is 20.8 Å². The summed E-state index contributed by atoms with van der Waals surface area (Å²) >= 11 is 0. The van der Waals surface area contributed by atoms with Crippen LogP contribution in [0.25, 0.3) is 0 Å². The van der Waals surface area contributed by atoms with Crippen molar-refractivity contribution in [3.8, 4) is 11.5 Å². The minimum absolute atomic E-state index is 0.206. The molecule has 0 bridgehead atoms. The second kappa shape index (κ2) is 7.34. The normalized spacial score (nSPS) is 12.5. The summed E-state index contributed by atoms with van der Waals surface area (Å²) in [4.78, 5) is 10.5. The number of hydrogen-bond donors (Lipinski definition) is 1. The maximum absolute atomic E-state index is 10.5. The third kappa shape index (κ3) is 5.22. The van der Waals surface area contributed by atoms with Crippen molar-refractivity contribution in [1.29, 1.82) is 0 Å². The second-order valence-corrected chi connectivity index (χ2v) is 9.03. The molecule has 3 nitrogen and oxygen atoms in total. The molecule has 16 heavy (non-hydrogen) atoms. The Bertz CT molecular complexity index is 268. The van der Waals surface area contributed by atoms with Gasteiger partial charge in [0.1, 0.15) is 14.2 Å². The van der Waals surface area contributed by atoms with E-state index in [-0.39, 0.29) is 6.10 Å². The molecule has 0 rings (SSSR count). The van der Waals surface area contributed by atoms with E-state index in [4.69, 9.17) is 10.5 Å². The molecule has 0 aliphatic heterocycles. The predicted molar refractivity (Wildman–Crippen MR) is 69.7 cm³/mol. The summed E-state index contributed by atoms with van der Waals surface area (Å²) in [6.45, 7) is 8.47. The first-order valence-corrected chi connectivity index (χ1v) is 8.58. The van der Waals surface area contributed by atoms with E-state index in [9.17, 15) is 4.79 Å². The van der Waals surface area contributed by atoms with Gasteiger partial charge in [-0.3, -0.25) is 0 Å². The van der Waals surface area contributed by atoms with Gasteiger partial charge in [-0.25, -0.2) is 4.79 Å². The standard InChI is InChI=1S/C12H23NO2Si/c1-5-16(6-2,7-3)10-8-9-11(4)15-12(13)14/h11H,5-7,9H2,1-4H3,(H2,13,14). The summed E-state index contributed by atoms with van der Waals surface area (Å²) in [5, 5.41) is 0. The molecule has 0 saturated heterocycles. The van der Waals surface area contributed by atoms with Crippen molar-refractivity contribution < 1.29 is 9.53 Å². The molecule has 1 unspecified atom stereocenters. The zero-order valence-electron chi connectivity index (χ0n) is 10.8. The minimum atomic E-state index is -1.36. The molecule has 1 amide bonds.